The fourth-order valence-corrected chi connectivity index (χ4v) is 4.14. The molecule has 0 bridgehead atoms. The van der Waals surface area contributed by atoms with Crippen LogP contribution in [0.5, 0.6) is 0 Å². The summed E-state index contributed by atoms with van der Waals surface area (Å²) in [5.74, 6) is 0.996. The van der Waals surface area contributed by atoms with Crippen molar-refractivity contribution >= 4 is 39.8 Å². The summed E-state index contributed by atoms with van der Waals surface area (Å²) in [6.07, 6.45) is 5.76. The predicted molar refractivity (Wildman–Crippen MR) is 107 cm³/mol. The van der Waals surface area contributed by atoms with Crippen molar-refractivity contribution < 1.29 is 4.74 Å². The molecule has 0 unspecified atom stereocenters. The molecule has 0 radical (unpaired) electrons. The number of ether oxygens (including phenoxy) is 1. The number of hydrogen-bond donors (Lipinski definition) is 0. The number of thiophene rings is 1. The van der Waals surface area contributed by atoms with Gasteiger partial charge in [-0.3, -0.25) is 9.98 Å². The van der Waals surface area contributed by atoms with Gasteiger partial charge in [0.1, 0.15) is 5.82 Å². The Morgan fingerprint density at radius 3 is 2.85 bits per heavy atom. The topological polar surface area (TPSA) is 50.6 Å². The van der Waals surface area contributed by atoms with Gasteiger partial charge in [-0.1, -0.05) is 0 Å². The van der Waals surface area contributed by atoms with Crippen molar-refractivity contribution in [1.29, 1.82) is 0 Å². The molecule has 0 saturated carbocycles. The molecule has 3 aromatic rings. The molecule has 2 aliphatic heterocycles. The number of rotatable bonds is 3. The van der Waals surface area contributed by atoms with Gasteiger partial charge in [0, 0.05) is 36.5 Å². The molecule has 3 aromatic heterocycles. The monoisotopic (exact) mass is 362 g/mol. The molecule has 0 spiro atoms. The lowest BCUT2D eigenvalue weighted by Gasteiger charge is -2.28. The maximum absolute atomic E-state index is 5.51. The molecule has 0 atom stereocenters. The first-order valence-corrected chi connectivity index (χ1v) is 9.69. The number of morpholine rings is 1. The zero-order chi connectivity index (χ0) is 17.3. The summed E-state index contributed by atoms with van der Waals surface area (Å²) in [5.41, 5.74) is 5.45. The molecule has 5 rings (SSSR count). The number of fused-ring (bicyclic) bond motifs is 1. The fourth-order valence-electron chi connectivity index (χ4n) is 3.48. The third kappa shape index (κ3) is 2.71. The third-order valence-corrected chi connectivity index (χ3v) is 5.51. The highest BCUT2D eigenvalue weighted by Gasteiger charge is 2.19. The van der Waals surface area contributed by atoms with E-state index in [2.05, 4.69) is 43.8 Å². The molecule has 130 valence electrons. The summed E-state index contributed by atoms with van der Waals surface area (Å²) in [4.78, 5) is 16.3. The average Bonchev–Trinajstić information content (AvgIpc) is 3.41. The van der Waals surface area contributed by atoms with Gasteiger partial charge in [-0.05, 0) is 46.2 Å². The van der Waals surface area contributed by atoms with Crippen molar-refractivity contribution in [3.63, 3.8) is 0 Å². The van der Waals surface area contributed by atoms with Crippen LogP contribution < -0.4 is 4.90 Å². The van der Waals surface area contributed by atoms with Crippen LogP contribution in [0.2, 0.25) is 0 Å². The standard InChI is InChI=1S/C20H18N4OS/c1-4-21-12-14(1)19-20-16(2-5-22-19)17(15-3-10-26-13-15)11-18(23-20)24-6-8-25-9-7-24/h1-5,10-11,13H,6-9,12H2. The Hall–Kier alpha value is -2.57. The summed E-state index contributed by atoms with van der Waals surface area (Å²) >= 11 is 1.71. The first-order valence-electron chi connectivity index (χ1n) is 8.74. The van der Waals surface area contributed by atoms with Crippen LogP contribution in [-0.2, 0) is 4.74 Å². The molecular formula is C20H18N4OS. The van der Waals surface area contributed by atoms with Crippen LogP contribution in [0.4, 0.5) is 5.82 Å². The number of pyridine rings is 2. The van der Waals surface area contributed by atoms with Gasteiger partial charge in [-0.2, -0.15) is 11.3 Å². The van der Waals surface area contributed by atoms with Crippen LogP contribution in [0.15, 0.2) is 46.2 Å². The van der Waals surface area contributed by atoms with E-state index >= 15 is 0 Å². The van der Waals surface area contributed by atoms with Crippen molar-refractivity contribution in [2.45, 2.75) is 0 Å². The highest BCUT2D eigenvalue weighted by atomic mass is 32.1. The summed E-state index contributed by atoms with van der Waals surface area (Å²) in [7, 11) is 0. The Morgan fingerprint density at radius 2 is 2.08 bits per heavy atom. The van der Waals surface area contributed by atoms with Crippen LogP contribution in [0.1, 0.15) is 5.69 Å². The van der Waals surface area contributed by atoms with Crippen LogP contribution in [0.3, 0.4) is 0 Å². The van der Waals surface area contributed by atoms with Crippen molar-refractivity contribution in [2.24, 2.45) is 4.99 Å². The molecule has 1 fully saturated rings. The van der Waals surface area contributed by atoms with E-state index in [-0.39, 0.29) is 0 Å². The molecule has 0 aromatic carbocycles. The fraction of sp³-hybridized carbons (Fsp3) is 0.250. The van der Waals surface area contributed by atoms with Crippen molar-refractivity contribution in [3.05, 3.63) is 46.9 Å². The van der Waals surface area contributed by atoms with E-state index in [9.17, 15) is 0 Å². The summed E-state index contributed by atoms with van der Waals surface area (Å²) < 4.78 is 5.51. The molecule has 0 amide bonds. The third-order valence-electron chi connectivity index (χ3n) is 4.83. The van der Waals surface area contributed by atoms with Gasteiger partial charge >= 0.3 is 0 Å². The van der Waals surface area contributed by atoms with Gasteiger partial charge in [-0.15, -0.1) is 0 Å². The summed E-state index contributed by atoms with van der Waals surface area (Å²) in [5, 5.41) is 5.44. The van der Waals surface area contributed by atoms with E-state index in [1.807, 2.05) is 18.5 Å². The maximum Gasteiger partial charge on any atom is 0.130 e. The Labute approximate surface area is 155 Å². The number of nitrogens with zero attached hydrogens (tertiary/aromatic N) is 4. The van der Waals surface area contributed by atoms with Gasteiger partial charge < -0.3 is 9.64 Å². The van der Waals surface area contributed by atoms with Crippen LogP contribution >= 0.6 is 11.3 Å². The molecule has 5 nitrogen and oxygen atoms in total. The van der Waals surface area contributed by atoms with Gasteiger partial charge in [0.2, 0.25) is 0 Å². The first-order chi connectivity index (χ1) is 12.9. The minimum Gasteiger partial charge on any atom is -0.378 e. The Balaban J connectivity index is 1.74. The van der Waals surface area contributed by atoms with Gasteiger partial charge in [0.05, 0.1) is 31.0 Å². The van der Waals surface area contributed by atoms with Gasteiger partial charge in [0.25, 0.3) is 0 Å². The first kappa shape index (κ1) is 15.7. The van der Waals surface area contributed by atoms with Crippen LogP contribution in [-0.4, -0.2) is 49.0 Å². The van der Waals surface area contributed by atoms with E-state index in [0.717, 1.165) is 54.3 Å². The number of hydrogen-bond acceptors (Lipinski definition) is 6. The van der Waals surface area contributed by atoms with Gasteiger partial charge in [0.15, 0.2) is 0 Å². The molecule has 5 heterocycles. The Bertz CT molecular complexity index is 1000. The van der Waals surface area contributed by atoms with Crippen LogP contribution in [0.25, 0.3) is 27.6 Å². The number of aromatic nitrogens is 2. The van der Waals surface area contributed by atoms with Crippen molar-refractivity contribution in [1.82, 2.24) is 9.97 Å². The lowest BCUT2D eigenvalue weighted by atomic mass is 10.0. The average molecular weight is 362 g/mol. The Kier molecular flexibility index (Phi) is 3.99. The smallest absolute Gasteiger partial charge is 0.130 e. The van der Waals surface area contributed by atoms with E-state index in [0.29, 0.717) is 6.54 Å². The van der Waals surface area contributed by atoms with E-state index < -0.39 is 0 Å². The SMILES string of the molecule is C1=NCC(c2nccc3c(-c4ccsc4)cc(N4CCOCC4)nc23)=C1. The van der Waals surface area contributed by atoms with E-state index in [4.69, 9.17) is 9.72 Å². The molecular weight excluding hydrogens is 344 g/mol. The molecule has 1 saturated heterocycles. The van der Waals surface area contributed by atoms with Crippen molar-refractivity contribution in [2.75, 3.05) is 37.7 Å². The second-order valence-corrected chi connectivity index (χ2v) is 7.16. The summed E-state index contributed by atoms with van der Waals surface area (Å²) in [6, 6.07) is 6.44. The minimum absolute atomic E-state index is 0.670. The normalized spacial score (nSPS) is 17.1. The second kappa shape index (κ2) is 6.63. The minimum atomic E-state index is 0.670. The quantitative estimate of drug-likeness (QED) is 0.713. The largest absolute Gasteiger partial charge is 0.378 e. The molecule has 0 N–H and O–H groups in total. The Morgan fingerprint density at radius 1 is 1.15 bits per heavy atom. The highest BCUT2D eigenvalue weighted by molar-refractivity contribution is 7.08. The van der Waals surface area contributed by atoms with Gasteiger partial charge in [-0.25, -0.2) is 4.98 Å². The lowest BCUT2D eigenvalue weighted by molar-refractivity contribution is 0.122. The number of anilines is 1. The lowest BCUT2D eigenvalue weighted by Crippen LogP contribution is -2.36. The zero-order valence-electron chi connectivity index (χ0n) is 14.3. The molecule has 6 heteroatoms. The predicted octanol–water partition coefficient (Wildman–Crippen LogP) is 3.66. The van der Waals surface area contributed by atoms with Crippen molar-refractivity contribution in [3.8, 4) is 11.1 Å². The maximum atomic E-state index is 5.51. The highest BCUT2D eigenvalue weighted by Crippen LogP contribution is 2.35. The molecule has 26 heavy (non-hydrogen) atoms. The second-order valence-electron chi connectivity index (χ2n) is 6.38. The molecule has 0 aliphatic carbocycles. The summed E-state index contributed by atoms with van der Waals surface area (Å²) in [6.45, 7) is 3.88. The number of allylic oxidation sites excluding steroid dienone is 1. The van der Waals surface area contributed by atoms with Crippen LogP contribution in [0, 0.1) is 0 Å². The number of aliphatic imine (C=N–C) groups is 1. The van der Waals surface area contributed by atoms with E-state index in [1.165, 1.54) is 11.1 Å². The molecule has 2 aliphatic rings. The van der Waals surface area contributed by atoms with E-state index in [1.54, 1.807) is 11.3 Å². The zero-order valence-corrected chi connectivity index (χ0v) is 15.1.